The van der Waals surface area contributed by atoms with Crippen molar-refractivity contribution in [1.82, 2.24) is 14.5 Å². The van der Waals surface area contributed by atoms with Gasteiger partial charge < -0.3 is 14.0 Å². The van der Waals surface area contributed by atoms with E-state index in [4.69, 9.17) is 9.47 Å². The van der Waals surface area contributed by atoms with Crippen LogP contribution in [0.4, 0.5) is 13.2 Å². The fraction of sp³-hybridized carbons (Fsp3) is 0.391. The summed E-state index contributed by atoms with van der Waals surface area (Å²) in [7, 11) is 4.62. The highest BCUT2D eigenvalue weighted by atomic mass is 19.4. The van der Waals surface area contributed by atoms with Gasteiger partial charge in [0.1, 0.15) is 17.2 Å². The summed E-state index contributed by atoms with van der Waals surface area (Å²) in [4.78, 5) is 18.2. The van der Waals surface area contributed by atoms with Gasteiger partial charge in [-0.1, -0.05) is 13.8 Å². The second-order valence-corrected chi connectivity index (χ2v) is 7.39. The van der Waals surface area contributed by atoms with Crippen molar-refractivity contribution in [3.05, 3.63) is 52.2 Å². The molecule has 3 aromatic rings. The molecule has 172 valence electrons. The molecule has 3 rings (SSSR count). The van der Waals surface area contributed by atoms with Gasteiger partial charge in [0.15, 0.2) is 0 Å². The summed E-state index contributed by atoms with van der Waals surface area (Å²) in [5.74, 6) is 1.11. The average molecular weight is 449 g/mol. The first-order valence-electron chi connectivity index (χ1n) is 10.2. The highest BCUT2D eigenvalue weighted by molar-refractivity contribution is 5.96. The third-order valence-electron chi connectivity index (χ3n) is 5.55. The molecule has 0 radical (unpaired) electrons. The number of rotatable bonds is 7. The number of benzene rings is 1. The average Bonchev–Trinajstić information content (AvgIpc) is 2.78. The molecule has 2 heterocycles. The minimum absolute atomic E-state index is 0.100. The zero-order valence-electron chi connectivity index (χ0n) is 18.7. The lowest BCUT2D eigenvalue weighted by Crippen LogP contribution is -2.23. The number of methoxy groups -OCH3 is 2. The van der Waals surface area contributed by atoms with Crippen LogP contribution in [0.2, 0.25) is 0 Å². The number of ether oxygens (including phenoxy) is 2. The molecule has 0 atom stereocenters. The molecule has 2 aromatic heterocycles. The largest absolute Gasteiger partial charge is 0.496 e. The van der Waals surface area contributed by atoms with E-state index in [9.17, 15) is 18.0 Å². The Hall–Kier alpha value is -3.07. The summed E-state index contributed by atoms with van der Waals surface area (Å²) in [5.41, 5.74) is 0.371. The second kappa shape index (κ2) is 9.20. The number of nitrogens with zero attached hydrogens (tertiary/aromatic N) is 3. The molecule has 0 saturated heterocycles. The fourth-order valence-corrected chi connectivity index (χ4v) is 3.71. The first-order valence-corrected chi connectivity index (χ1v) is 10.2. The Kier molecular flexibility index (Phi) is 6.78. The Morgan fingerprint density at radius 1 is 1.03 bits per heavy atom. The normalized spacial score (nSPS) is 11.9. The lowest BCUT2D eigenvalue weighted by molar-refractivity contribution is -0.141. The molecule has 0 aliphatic heterocycles. The Balaban J connectivity index is 2.30. The van der Waals surface area contributed by atoms with Crippen molar-refractivity contribution in [2.24, 2.45) is 7.05 Å². The summed E-state index contributed by atoms with van der Waals surface area (Å²) in [6.07, 6.45) is -2.13. The number of aryl methyl sites for hydroxylation is 1. The molecule has 6 nitrogen and oxygen atoms in total. The molecule has 0 spiro atoms. The molecule has 0 fully saturated rings. The maximum Gasteiger partial charge on any atom is 0.433 e. The maximum absolute atomic E-state index is 13.3. The van der Waals surface area contributed by atoms with Gasteiger partial charge in [0.05, 0.1) is 25.2 Å². The van der Waals surface area contributed by atoms with Crippen molar-refractivity contribution in [3.63, 3.8) is 0 Å². The van der Waals surface area contributed by atoms with Crippen molar-refractivity contribution in [2.45, 2.75) is 26.6 Å². The van der Waals surface area contributed by atoms with E-state index in [2.05, 4.69) is 23.7 Å². The van der Waals surface area contributed by atoms with Gasteiger partial charge in [-0.15, -0.1) is 0 Å². The van der Waals surface area contributed by atoms with Crippen molar-refractivity contribution in [3.8, 4) is 22.6 Å². The van der Waals surface area contributed by atoms with Crippen LogP contribution >= 0.6 is 0 Å². The quantitative estimate of drug-likeness (QED) is 0.533. The lowest BCUT2D eigenvalue weighted by Gasteiger charge is -2.22. The molecule has 0 saturated carbocycles. The van der Waals surface area contributed by atoms with Crippen LogP contribution in [0.1, 0.15) is 25.1 Å². The fourth-order valence-electron chi connectivity index (χ4n) is 3.71. The van der Waals surface area contributed by atoms with E-state index in [1.807, 2.05) is 0 Å². The number of alkyl halides is 3. The van der Waals surface area contributed by atoms with Crippen LogP contribution in [0.3, 0.4) is 0 Å². The minimum Gasteiger partial charge on any atom is -0.496 e. The molecule has 9 heteroatoms. The SMILES string of the molecule is CCN(CC)Cc1c(OC)cc(-c2cn(C)c(=O)c3cnc(C(F)(F)F)cc23)cc1OC. The summed E-state index contributed by atoms with van der Waals surface area (Å²) in [6, 6.07) is 4.43. The molecular formula is C23H26F3N3O3. The van der Waals surface area contributed by atoms with Crippen LogP contribution in [0.25, 0.3) is 21.9 Å². The van der Waals surface area contributed by atoms with Gasteiger partial charge in [-0.25, -0.2) is 0 Å². The van der Waals surface area contributed by atoms with Crippen LogP contribution < -0.4 is 15.0 Å². The molecule has 32 heavy (non-hydrogen) atoms. The van der Waals surface area contributed by atoms with Crippen LogP contribution in [-0.4, -0.2) is 41.8 Å². The maximum atomic E-state index is 13.3. The van der Waals surface area contributed by atoms with E-state index >= 15 is 0 Å². The highest BCUT2D eigenvalue weighted by Gasteiger charge is 2.33. The Bertz CT molecular complexity index is 1160. The van der Waals surface area contributed by atoms with Crippen LogP contribution in [0, 0.1) is 0 Å². The number of hydrogen-bond donors (Lipinski definition) is 0. The molecule has 0 aliphatic rings. The third-order valence-corrected chi connectivity index (χ3v) is 5.55. The summed E-state index contributed by atoms with van der Waals surface area (Å²) in [5, 5.41) is 0.263. The van der Waals surface area contributed by atoms with E-state index in [0.29, 0.717) is 29.2 Å². The van der Waals surface area contributed by atoms with E-state index in [1.54, 1.807) is 19.2 Å². The van der Waals surface area contributed by atoms with Gasteiger partial charge in [-0.2, -0.15) is 13.2 Å². The van der Waals surface area contributed by atoms with Crippen molar-refractivity contribution < 1.29 is 22.6 Å². The Morgan fingerprint density at radius 3 is 2.12 bits per heavy atom. The summed E-state index contributed by atoms with van der Waals surface area (Å²) < 4.78 is 52.5. The van der Waals surface area contributed by atoms with Crippen LogP contribution in [0.15, 0.2) is 35.4 Å². The predicted octanol–water partition coefficient (Wildman–Crippen LogP) is 4.48. The first-order chi connectivity index (χ1) is 15.1. The van der Waals surface area contributed by atoms with E-state index in [1.165, 1.54) is 25.0 Å². The molecule has 0 aliphatic carbocycles. The first kappa shape index (κ1) is 23.6. The number of pyridine rings is 2. The van der Waals surface area contributed by atoms with Gasteiger partial charge in [0.25, 0.3) is 5.56 Å². The Labute approximate surface area is 184 Å². The number of aromatic nitrogens is 2. The van der Waals surface area contributed by atoms with Crippen LogP contribution in [-0.2, 0) is 19.8 Å². The predicted molar refractivity (Wildman–Crippen MR) is 117 cm³/mol. The molecule has 0 bridgehead atoms. The topological polar surface area (TPSA) is 56.6 Å². The van der Waals surface area contributed by atoms with Crippen molar-refractivity contribution >= 4 is 10.8 Å². The van der Waals surface area contributed by atoms with Crippen molar-refractivity contribution in [1.29, 1.82) is 0 Å². The second-order valence-electron chi connectivity index (χ2n) is 7.39. The van der Waals surface area contributed by atoms with E-state index in [-0.39, 0.29) is 10.8 Å². The molecule has 0 N–H and O–H groups in total. The molecule has 0 amide bonds. The number of fused-ring (bicyclic) bond motifs is 1. The van der Waals surface area contributed by atoms with E-state index in [0.717, 1.165) is 30.9 Å². The molecular weight excluding hydrogens is 423 g/mol. The number of halogens is 3. The number of hydrogen-bond acceptors (Lipinski definition) is 5. The van der Waals surface area contributed by atoms with Gasteiger partial charge in [0, 0.05) is 36.9 Å². The van der Waals surface area contributed by atoms with Gasteiger partial charge in [0.2, 0.25) is 0 Å². The van der Waals surface area contributed by atoms with Crippen molar-refractivity contribution in [2.75, 3.05) is 27.3 Å². The highest BCUT2D eigenvalue weighted by Crippen LogP contribution is 2.39. The molecule has 0 unspecified atom stereocenters. The zero-order chi connectivity index (χ0) is 23.6. The van der Waals surface area contributed by atoms with Gasteiger partial charge in [-0.3, -0.25) is 14.7 Å². The lowest BCUT2D eigenvalue weighted by atomic mass is 9.98. The summed E-state index contributed by atoms with van der Waals surface area (Å²) in [6.45, 7) is 6.38. The standard InChI is InChI=1S/C23H26F3N3O3/c1-6-29(7-2)13-18-19(31-4)8-14(9-20(18)32-5)17-12-28(3)22(30)16-11-27-21(10-15(16)17)23(24,25)26/h8-12H,6-7,13H2,1-5H3. The Morgan fingerprint density at radius 2 is 1.62 bits per heavy atom. The van der Waals surface area contributed by atoms with E-state index < -0.39 is 17.4 Å². The van der Waals surface area contributed by atoms with Gasteiger partial charge in [-0.05, 0) is 36.9 Å². The smallest absolute Gasteiger partial charge is 0.433 e. The zero-order valence-corrected chi connectivity index (χ0v) is 18.7. The third kappa shape index (κ3) is 4.43. The minimum atomic E-state index is -4.63. The van der Waals surface area contributed by atoms with Gasteiger partial charge >= 0.3 is 6.18 Å². The summed E-state index contributed by atoms with van der Waals surface area (Å²) >= 11 is 0. The monoisotopic (exact) mass is 449 g/mol. The van der Waals surface area contributed by atoms with Crippen LogP contribution in [0.5, 0.6) is 11.5 Å². The molecule has 1 aromatic carbocycles.